The number of halogens is 1. The Hall–Kier alpha value is -2.25. The second kappa shape index (κ2) is 6.47. The molecule has 0 saturated heterocycles. The van der Waals surface area contributed by atoms with E-state index in [1.54, 1.807) is 24.3 Å². The topological polar surface area (TPSA) is 87.7 Å². The van der Waals surface area contributed by atoms with Gasteiger partial charge in [-0.05, 0) is 24.3 Å². The van der Waals surface area contributed by atoms with Crippen LogP contribution in [0.15, 0.2) is 30.3 Å². The van der Waals surface area contributed by atoms with Gasteiger partial charge in [-0.25, -0.2) is 4.79 Å². The molecule has 0 radical (unpaired) electrons. The Bertz CT molecular complexity index is 669. The van der Waals surface area contributed by atoms with Gasteiger partial charge in [0.1, 0.15) is 5.75 Å². The zero-order chi connectivity index (χ0) is 15.4. The number of amides is 1. The lowest BCUT2D eigenvalue weighted by atomic mass is 10.3. The number of aromatic hydroxyl groups is 1. The highest BCUT2D eigenvalue weighted by molar-refractivity contribution is 7.16. The minimum absolute atomic E-state index is 0.0193. The summed E-state index contributed by atoms with van der Waals surface area (Å²) in [6.45, 7) is 0. The Labute approximate surface area is 129 Å². The Balaban J connectivity index is 2.03. The van der Waals surface area contributed by atoms with Gasteiger partial charge in [-0.2, -0.15) is 0 Å². The third-order valence-electron chi connectivity index (χ3n) is 2.47. The number of rotatable bonds is 4. The molecule has 110 valence electrons. The van der Waals surface area contributed by atoms with Crippen molar-refractivity contribution in [3.05, 3.63) is 45.1 Å². The molecule has 2 rings (SSSR count). The summed E-state index contributed by atoms with van der Waals surface area (Å²) >= 11 is 6.59. The standard InChI is InChI=1S/C13H11ClN2O4S/c1-20-13(19)11-9(17)6-10(21-11)12(18)16-15-8-4-2-7(14)3-5-8/h2-6,15,17H,1H3,(H,16,18). The summed E-state index contributed by atoms with van der Waals surface area (Å²) in [4.78, 5) is 23.4. The van der Waals surface area contributed by atoms with Crippen LogP contribution in [0.5, 0.6) is 5.75 Å². The number of carbonyl (C=O) groups excluding carboxylic acids is 2. The lowest BCUT2D eigenvalue weighted by Crippen LogP contribution is -2.28. The molecule has 0 spiro atoms. The van der Waals surface area contributed by atoms with Gasteiger partial charge >= 0.3 is 5.97 Å². The van der Waals surface area contributed by atoms with E-state index in [0.29, 0.717) is 10.7 Å². The number of anilines is 1. The quantitative estimate of drug-likeness (QED) is 0.594. The minimum Gasteiger partial charge on any atom is -0.506 e. The van der Waals surface area contributed by atoms with E-state index in [1.807, 2.05) is 0 Å². The minimum atomic E-state index is -0.692. The van der Waals surface area contributed by atoms with Crippen molar-refractivity contribution in [2.45, 2.75) is 0 Å². The molecule has 0 aliphatic carbocycles. The van der Waals surface area contributed by atoms with Crippen LogP contribution < -0.4 is 10.9 Å². The molecular formula is C13H11ClN2O4S. The highest BCUT2D eigenvalue weighted by atomic mass is 35.5. The molecule has 0 aliphatic rings. The van der Waals surface area contributed by atoms with Crippen molar-refractivity contribution in [3.63, 3.8) is 0 Å². The average Bonchev–Trinajstić information content (AvgIpc) is 2.87. The van der Waals surface area contributed by atoms with E-state index < -0.39 is 11.9 Å². The molecule has 1 amide bonds. The van der Waals surface area contributed by atoms with Crippen molar-refractivity contribution < 1.29 is 19.4 Å². The number of hydrazine groups is 1. The summed E-state index contributed by atoms with van der Waals surface area (Å²) < 4.78 is 4.50. The fourth-order valence-corrected chi connectivity index (χ4v) is 2.45. The average molecular weight is 327 g/mol. The van der Waals surface area contributed by atoms with Crippen LogP contribution in [-0.2, 0) is 4.74 Å². The molecule has 1 aromatic heterocycles. The summed E-state index contributed by atoms with van der Waals surface area (Å²) in [5, 5.41) is 10.2. The molecule has 0 unspecified atom stereocenters. The molecule has 1 heterocycles. The summed E-state index contributed by atoms with van der Waals surface area (Å²) in [6, 6.07) is 7.92. The first-order valence-corrected chi connectivity index (χ1v) is 6.93. The van der Waals surface area contributed by atoms with Crippen molar-refractivity contribution >= 4 is 40.5 Å². The molecule has 0 fully saturated rings. The fraction of sp³-hybridized carbons (Fsp3) is 0.0769. The van der Waals surface area contributed by atoms with Crippen LogP contribution in [0.4, 0.5) is 5.69 Å². The van der Waals surface area contributed by atoms with Gasteiger partial charge in [0.15, 0.2) is 4.88 Å². The van der Waals surface area contributed by atoms with E-state index in [4.69, 9.17) is 11.6 Å². The summed E-state index contributed by atoms with van der Waals surface area (Å²) in [6.07, 6.45) is 0. The maximum Gasteiger partial charge on any atom is 0.351 e. The van der Waals surface area contributed by atoms with Crippen molar-refractivity contribution in [1.82, 2.24) is 5.43 Å². The van der Waals surface area contributed by atoms with E-state index in [0.717, 1.165) is 11.3 Å². The maximum atomic E-state index is 11.9. The molecule has 6 nitrogen and oxygen atoms in total. The number of hydrogen-bond donors (Lipinski definition) is 3. The highest BCUT2D eigenvalue weighted by Gasteiger charge is 2.19. The van der Waals surface area contributed by atoms with Crippen LogP contribution in [0.2, 0.25) is 5.02 Å². The molecule has 2 aromatic rings. The Kier molecular flexibility index (Phi) is 4.66. The van der Waals surface area contributed by atoms with E-state index in [1.165, 1.54) is 13.2 Å². The van der Waals surface area contributed by atoms with Gasteiger partial charge in [-0.1, -0.05) is 11.6 Å². The van der Waals surface area contributed by atoms with Gasteiger partial charge < -0.3 is 9.84 Å². The lowest BCUT2D eigenvalue weighted by molar-refractivity contribution is 0.0603. The predicted molar refractivity (Wildman–Crippen MR) is 79.9 cm³/mol. The summed E-state index contributed by atoms with van der Waals surface area (Å²) in [5.74, 6) is -1.47. The Morgan fingerprint density at radius 1 is 1.29 bits per heavy atom. The largest absolute Gasteiger partial charge is 0.506 e. The molecule has 0 aliphatic heterocycles. The molecule has 0 saturated carbocycles. The van der Waals surface area contributed by atoms with E-state index in [2.05, 4.69) is 15.6 Å². The number of benzene rings is 1. The normalized spacial score (nSPS) is 10.0. The highest BCUT2D eigenvalue weighted by Crippen LogP contribution is 2.28. The zero-order valence-electron chi connectivity index (χ0n) is 10.8. The van der Waals surface area contributed by atoms with E-state index in [9.17, 15) is 14.7 Å². The van der Waals surface area contributed by atoms with Gasteiger partial charge in [0, 0.05) is 11.1 Å². The van der Waals surface area contributed by atoms with E-state index in [-0.39, 0.29) is 15.5 Å². The van der Waals surface area contributed by atoms with Crippen molar-refractivity contribution in [1.29, 1.82) is 0 Å². The van der Waals surface area contributed by atoms with Crippen LogP contribution in [0.1, 0.15) is 19.3 Å². The number of carbonyl (C=O) groups is 2. The molecule has 8 heteroatoms. The van der Waals surface area contributed by atoms with Gasteiger partial charge in [0.2, 0.25) is 0 Å². The number of nitrogens with one attached hydrogen (secondary N) is 2. The first-order valence-electron chi connectivity index (χ1n) is 5.74. The third kappa shape index (κ3) is 3.65. The van der Waals surface area contributed by atoms with Crippen LogP contribution in [0.3, 0.4) is 0 Å². The predicted octanol–water partition coefficient (Wildman–Crippen LogP) is 2.65. The summed E-state index contributed by atoms with van der Waals surface area (Å²) in [5.41, 5.74) is 5.78. The number of hydrogen-bond acceptors (Lipinski definition) is 6. The molecule has 21 heavy (non-hydrogen) atoms. The molecule has 1 aromatic carbocycles. The second-order valence-corrected chi connectivity index (χ2v) is 5.39. The lowest BCUT2D eigenvalue weighted by Gasteiger charge is -2.07. The first-order chi connectivity index (χ1) is 10.0. The SMILES string of the molecule is COC(=O)c1sc(C(=O)NNc2ccc(Cl)cc2)cc1O. The zero-order valence-corrected chi connectivity index (χ0v) is 12.4. The number of thiophene rings is 1. The van der Waals surface area contributed by atoms with Gasteiger partial charge in [-0.15, -0.1) is 11.3 Å². The first kappa shape index (κ1) is 15.1. The molecular weight excluding hydrogens is 316 g/mol. The van der Waals surface area contributed by atoms with Gasteiger partial charge in [-0.3, -0.25) is 15.6 Å². The van der Waals surface area contributed by atoms with Crippen molar-refractivity contribution in [2.75, 3.05) is 12.5 Å². The smallest absolute Gasteiger partial charge is 0.351 e. The van der Waals surface area contributed by atoms with Gasteiger partial charge in [0.25, 0.3) is 5.91 Å². The number of ether oxygens (including phenoxy) is 1. The van der Waals surface area contributed by atoms with Crippen molar-refractivity contribution in [2.24, 2.45) is 0 Å². The van der Waals surface area contributed by atoms with Crippen LogP contribution >= 0.6 is 22.9 Å². The van der Waals surface area contributed by atoms with Crippen LogP contribution in [0.25, 0.3) is 0 Å². The Morgan fingerprint density at radius 2 is 1.95 bits per heavy atom. The molecule has 0 atom stereocenters. The van der Waals surface area contributed by atoms with E-state index >= 15 is 0 Å². The van der Waals surface area contributed by atoms with Crippen molar-refractivity contribution in [3.8, 4) is 5.75 Å². The number of methoxy groups -OCH3 is 1. The third-order valence-corrected chi connectivity index (χ3v) is 3.83. The monoisotopic (exact) mass is 326 g/mol. The van der Waals surface area contributed by atoms with Crippen LogP contribution in [-0.4, -0.2) is 24.1 Å². The maximum absolute atomic E-state index is 11.9. The molecule has 3 N–H and O–H groups in total. The second-order valence-electron chi connectivity index (χ2n) is 3.90. The number of esters is 1. The molecule has 0 bridgehead atoms. The summed E-state index contributed by atoms with van der Waals surface area (Å²) in [7, 11) is 1.20. The van der Waals surface area contributed by atoms with Crippen LogP contribution in [0, 0.1) is 0 Å². The van der Waals surface area contributed by atoms with Gasteiger partial charge in [0.05, 0.1) is 17.7 Å². The Morgan fingerprint density at radius 3 is 2.57 bits per heavy atom. The fourth-order valence-electron chi connectivity index (χ4n) is 1.46.